The highest BCUT2D eigenvalue weighted by Crippen LogP contribution is 2.26. The number of anilines is 1. The third-order valence-electron chi connectivity index (χ3n) is 4.16. The summed E-state index contributed by atoms with van der Waals surface area (Å²) in [5.74, 6) is 0.279. The minimum atomic E-state index is -0.453. The van der Waals surface area contributed by atoms with Crippen molar-refractivity contribution in [2.75, 3.05) is 18.5 Å². The van der Waals surface area contributed by atoms with E-state index < -0.39 is 5.63 Å². The van der Waals surface area contributed by atoms with Gasteiger partial charge in [0.05, 0.1) is 0 Å². The molecule has 24 heavy (non-hydrogen) atoms. The molecule has 2 heterocycles. The largest absolute Gasteiger partial charge is 0.436 e. The molecule has 0 spiro atoms. The van der Waals surface area contributed by atoms with Gasteiger partial charge in [0, 0.05) is 30.7 Å². The van der Waals surface area contributed by atoms with Gasteiger partial charge in [0.1, 0.15) is 16.7 Å². The summed E-state index contributed by atoms with van der Waals surface area (Å²) in [6.07, 6.45) is 0. The summed E-state index contributed by atoms with van der Waals surface area (Å²) in [6, 6.07) is 15.0. The topological polar surface area (TPSA) is 59.5 Å². The highest BCUT2D eigenvalue weighted by molar-refractivity contribution is 5.84. The normalized spacial score (nSPS) is 11.2. The van der Waals surface area contributed by atoms with Crippen LogP contribution in [-0.4, -0.2) is 18.6 Å². The van der Waals surface area contributed by atoms with E-state index >= 15 is 0 Å². The van der Waals surface area contributed by atoms with Gasteiger partial charge in [-0.15, -0.1) is 0 Å². The van der Waals surface area contributed by atoms with Gasteiger partial charge in [0.2, 0.25) is 5.89 Å². The van der Waals surface area contributed by atoms with Gasteiger partial charge in [-0.1, -0.05) is 12.1 Å². The monoisotopic (exact) mass is 320 g/mol. The van der Waals surface area contributed by atoms with Crippen molar-refractivity contribution in [2.24, 2.45) is 0 Å². The van der Waals surface area contributed by atoms with E-state index in [-0.39, 0.29) is 5.89 Å². The number of aromatic nitrogens is 1. The molecule has 0 aliphatic heterocycles. The van der Waals surface area contributed by atoms with Crippen molar-refractivity contribution < 1.29 is 8.83 Å². The Morgan fingerprint density at radius 2 is 1.88 bits per heavy atom. The van der Waals surface area contributed by atoms with Crippen LogP contribution in [0.1, 0.15) is 6.92 Å². The van der Waals surface area contributed by atoms with Crippen LogP contribution >= 0.6 is 0 Å². The van der Waals surface area contributed by atoms with E-state index in [0.717, 1.165) is 17.6 Å². The first-order chi connectivity index (χ1) is 11.7. The number of para-hydroxylation sites is 2. The second-order valence-electron chi connectivity index (χ2n) is 5.67. The lowest BCUT2D eigenvalue weighted by Crippen LogP contribution is -2.15. The highest BCUT2D eigenvalue weighted by Gasteiger charge is 2.14. The number of benzene rings is 2. The summed E-state index contributed by atoms with van der Waals surface area (Å²) in [6.45, 7) is 2.94. The van der Waals surface area contributed by atoms with Gasteiger partial charge in [0.25, 0.3) is 0 Å². The Morgan fingerprint density at radius 1 is 1.04 bits per heavy atom. The van der Waals surface area contributed by atoms with Crippen LogP contribution in [0.25, 0.3) is 33.5 Å². The van der Waals surface area contributed by atoms with Gasteiger partial charge < -0.3 is 13.7 Å². The number of hydrogen-bond donors (Lipinski definition) is 0. The smallest absolute Gasteiger partial charge is 0.349 e. The van der Waals surface area contributed by atoms with Crippen molar-refractivity contribution in [3.8, 4) is 11.5 Å². The summed E-state index contributed by atoms with van der Waals surface area (Å²) in [4.78, 5) is 18.8. The Kier molecular flexibility index (Phi) is 3.34. The van der Waals surface area contributed by atoms with Crippen LogP contribution in [0.5, 0.6) is 0 Å². The van der Waals surface area contributed by atoms with Gasteiger partial charge in [-0.05, 0) is 37.3 Å². The van der Waals surface area contributed by atoms with E-state index in [1.165, 1.54) is 0 Å². The van der Waals surface area contributed by atoms with Crippen molar-refractivity contribution in [1.82, 2.24) is 4.98 Å². The van der Waals surface area contributed by atoms with E-state index in [9.17, 15) is 4.79 Å². The van der Waals surface area contributed by atoms with Crippen LogP contribution in [0.4, 0.5) is 5.69 Å². The first-order valence-corrected chi connectivity index (χ1v) is 7.80. The van der Waals surface area contributed by atoms with Crippen LogP contribution in [0.3, 0.4) is 0 Å². The average molecular weight is 320 g/mol. The molecule has 0 N–H and O–H groups in total. The molecular formula is C19H16N2O3. The average Bonchev–Trinajstić information content (AvgIpc) is 3.03. The number of hydrogen-bond acceptors (Lipinski definition) is 5. The zero-order valence-corrected chi connectivity index (χ0v) is 13.4. The highest BCUT2D eigenvalue weighted by atomic mass is 16.4. The third kappa shape index (κ3) is 2.34. The molecule has 4 aromatic rings. The van der Waals surface area contributed by atoms with Crippen LogP contribution in [0.15, 0.2) is 62.2 Å². The van der Waals surface area contributed by atoms with Crippen molar-refractivity contribution >= 4 is 27.8 Å². The second kappa shape index (κ2) is 5.53. The fraction of sp³-hybridized carbons (Fsp3) is 0.158. The molecule has 0 amide bonds. The molecule has 120 valence electrons. The van der Waals surface area contributed by atoms with E-state index in [4.69, 9.17) is 8.83 Å². The van der Waals surface area contributed by atoms with E-state index in [1.54, 1.807) is 6.07 Å². The molecule has 5 heteroatoms. The molecule has 0 saturated carbocycles. The Morgan fingerprint density at radius 3 is 2.67 bits per heavy atom. The van der Waals surface area contributed by atoms with E-state index in [2.05, 4.69) is 16.8 Å². The molecule has 0 radical (unpaired) electrons. The van der Waals surface area contributed by atoms with Crippen molar-refractivity contribution in [3.63, 3.8) is 0 Å². The number of fused-ring (bicyclic) bond motifs is 2. The van der Waals surface area contributed by atoms with Gasteiger partial charge in [-0.2, -0.15) is 0 Å². The summed E-state index contributed by atoms with van der Waals surface area (Å²) >= 11 is 0. The molecule has 0 saturated heterocycles. The first kappa shape index (κ1) is 14.5. The Balaban J connectivity index is 1.87. The maximum Gasteiger partial charge on any atom is 0.349 e. The molecule has 2 aromatic heterocycles. The zero-order chi connectivity index (χ0) is 16.7. The van der Waals surface area contributed by atoms with Gasteiger partial charge in [-0.25, -0.2) is 9.78 Å². The van der Waals surface area contributed by atoms with E-state index in [1.807, 2.05) is 49.5 Å². The minimum Gasteiger partial charge on any atom is -0.436 e. The van der Waals surface area contributed by atoms with Crippen LogP contribution < -0.4 is 10.5 Å². The molecule has 0 bridgehead atoms. The van der Waals surface area contributed by atoms with E-state index in [0.29, 0.717) is 22.2 Å². The van der Waals surface area contributed by atoms with Crippen molar-refractivity contribution in [1.29, 1.82) is 0 Å². The van der Waals surface area contributed by atoms with Crippen LogP contribution in [0.2, 0.25) is 0 Å². The minimum absolute atomic E-state index is 0.279. The first-order valence-electron chi connectivity index (χ1n) is 7.80. The molecule has 0 aliphatic rings. The molecule has 5 nitrogen and oxygen atoms in total. The fourth-order valence-electron chi connectivity index (χ4n) is 2.66. The summed E-state index contributed by atoms with van der Waals surface area (Å²) in [7, 11) is 1.99. The molecule has 0 atom stereocenters. The lowest BCUT2D eigenvalue weighted by Gasteiger charge is -2.16. The summed E-state index contributed by atoms with van der Waals surface area (Å²) in [5, 5.41) is 0.833. The number of rotatable bonds is 3. The quantitative estimate of drug-likeness (QED) is 0.533. The maximum atomic E-state index is 12.4. The van der Waals surface area contributed by atoms with Crippen LogP contribution in [-0.2, 0) is 0 Å². The molecule has 4 rings (SSSR count). The Bertz CT molecular complexity index is 1060. The Labute approximate surface area is 138 Å². The lowest BCUT2D eigenvalue weighted by molar-refractivity contribution is 0.553. The van der Waals surface area contributed by atoms with Gasteiger partial charge in [-0.3, -0.25) is 0 Å². The standard InChI is InChI=1S/C19H16N2O3/c1-3-21(2)13-9-8-12-10-14(19(22)24-17(12)11-13)18-20-15-6-4-5-7-16(15)23-18/h4-11H,3H2,1-2H3. The lowest BCUT2D eigenvalue weighted by atomic mass is 10.1. The fourth-order valence-corrected chi connectivity index (χ4v) is 2.66. The summed E-state index contributed by atoms with van der Waals surface area (Å²) < 4.78 is 11.2. The van der Waals surface area contributed by atoms with Gasteiger partial charge in [0.15, 0.2) is 5.58 Å². The van der Waals surface area contributed by atoms with Gasteiger partial charge >= 0.3 is 5.63 Å². The number of nitrogens with zero attached hydrogens (tertiary/aromatic N) is 2. The zero-order valence-electron chi connectivity index (χ0n) is 13.4. The molecular weight excluding hydrogens is 304 g/mol. The maximum absolute atomic E-state index is 12.4. The van der Waals surface area contributed by atoms with Crippen molar-refractivity contribution in [2.45, 2.75) is 6.92 Å². The third-order valence-corrected chi connectivity index (χ3v) is 4.16. The predicted octanol–water partition coefficient (Wildman–Crippen LogP) is 4.06. The predicted molar refractivity (Wildman–Crippen MR) is 94.4 cm³/mol. The second-order valence-corrected chi connectivity index (χ2v) is 5.67. The van der Waals surface area contributed by atoms with Crippen molar-refractivity contribution in [3.05, 3.63) is 59.0 Å². The molecule has 2 aromatic carbocycles. The SMILES string of the molecule is CCN(C)c1ccc2cc(-c3nc4ccccc4o3)c(=O)oc2c1. The summed E-state index contributed by atoms with van der Waals surface area (Å²) in [5.41, 5.74) is 2.79. The Hall–Kier alpha value is -3.08. The molecule has 0 aliphatic carbocycles. The number of oxazole rings is 1. The molecule has 0 fully saturated rings. The molecule has 0 unspecified atom stereocenters. The van der Waals surface area contributed by atoms with Crippen LogP contribution in [0, 0.1) is 0 Å².